The zero-order valence-electron chi connectivity index (χ0n) is 14.6. The molecule has 0 amide bonds. The number of hydrogen-bond donors (Lipinski definition) is 2. The smallest absolute Gasteiger partial charge is 0.191 e. The monoisotopic (exact) mass is 349 g/mol. The van der Waals surface area contributed by atoms with Crippen molar-refractivity contribution in [2.75, 3.05) is 45.8 Å². The van der Waals surface area contributed by atoms with Crippen LogP contribution in [0.4, 0.5) is 0 Å². The van der Waals surface area contributed by atoms with E-state index in [0.717, 1.165) is 30.6 Å². The predicted octanol–water partition coefficient (Wildman–Crippen LogP) is 1.96. The number of nitrogens with zero attached hydrogens (tertiary/aromatic N) is 3. The molecule has 0 radical (unpaired) electrons. The largest absolute Gasteiger partial charge is 0.357 e. The van der Waals surface area contributed by atoms with Crippen LogP contribution in [0.5, 0.6) is 0 Å². The van der Waals surface area contributed by atoms with Gasteiger partial charge in [0.2, 0.25) is 0 Å². The van der Waals surface area contributed by atoms with Crippen molar-refractivity contribution in [3.63, 3.8) is 0 Å². The maximum absolute atomic E-state index is 5.97. The minimum Gasteiger partial charge on any atom is -0.357 e. The van der Waals surface area contributed by atoms with Crippen LogP contribution in [0, 0.1) is 0 Å². The molecule has 3 fully saturated rings. The molecule has 3 aliphatic rings. The molecule has 2 N–H and O–H groups in total. The fraction of sp³-hybridized carbons (Fsp3) is 0.611. The number of hydrogen-bond acceptors (Lipinski definition) is 3. The number of rotatable bonds is 5. The molecule has 0 spiro atoms. The van der Waals surface area contributed by atoms with Gasteiger partial charge in [0.1, 0.15) is 0 Å². The van der Waals surface area contributed by atoms with E-state index in [0.29, 0.717) is 6.04 Å². The Kier molecular flexibility index (Phi) is 5.98. The summed E-state index contributed by atoms with van der Waals surface area (Å²) >= 11 is 5.97. The molecule has 5 nitrogen and oxygen atoms in total. The first-order valence-electron chi connectivity index (χ1n) is 8.92. The van der Waals surface area contributed by atoms with Gasteiger partial charge in [0.25, 0.3) is 0 Å². The second kappa shape index (κ2) is 8.19. The van der Waals surface area contributed by atoms with Gasteiger partial charge in [-0.3, -0.25) is 14.8 Å². The Labute approximate surface area is 150 Å². The Bertz CT molecular complexity index is 551. The van der Waals surface area contributed by atoms with Gasteiger partial charge in [0.15, 0.2) is 5.96 Å². The Hall–Kier alpha value is -1.30. The third-order valence-electron chi connectivity index (χ3n) is 4.92. The molecule has 1 aromatic rings. The maximum atomic E-state index is 5.97. The average molecular weight is 350 g/mol. The first-order valence-corrected chi connectivity index (χ1v) is 9.30. The van der Waals surface area contributed by atoms with E-state index in [-0.39, 0.29) is 6.04 Å². The fourth-order valence-corrected chi connectivity index (χ4v) is 3.58. The molecule has 132 valence electrons. The maximum Gasteiger partial charge on any atom is 0.191 e. The minimum absolute atomic E-state index is 0.187. The van der Waals surface area contributed by atoms with Crippen molar-refractivity contribution >= 4 is 17.6 Å². The van der Waals surface area contributed by atoms with E-state index >= 15 is 0 Å². The van der Waals surface area contributed by atoms with Gasteiger partial charge in [-0.1, -0.05) is 23.7 Å². The molecular weight excluding hydrogens is 322 g/mol. The Morgan fingerprint density at radius 3 is 2.54 bits per heavy atom. The van der Waals surface area contributed by atoms with Gasteiger partial charge in [0.05, 0.1) is 12.6 Å². The lowest BCUT2D eigenvalue weighted by molar-refractivity contribution is 0.0174. The normalized spacial score (nSPS) is 27.8. The summed E-state index contributed by atoms with van der Waals surface area (Å²) in [6.07, 6.45) is 0. The van der Waals surface area contributed by atoms with E-state index in [9.17, 15) is 0 Å². The van der Waals surface area contributed by atoms with Crippen LogP contribution in [-0.2, 0) is 0 Å². The molecule has 6 heteroatoms. The summed E-state index contributed by atoms with van der Waals surface area (Å²) in [5, 5.41) is 7.63. The number of halogens is 1. The van der Waals surface area contributed by atoms with Gasteiger partial charge < -0.3 is 10.6 Å². The number of piperazine rings is 3. The van der Waals surface area contributed by atoms with Gasteiger partial charge in [-0.2, -0.15) is 0 Å². The first-order chi connectivity index (χ1) is 11.7. The number of aliphatic imine (C=N–C) groups is 1. The molecule has 24 heavy (non-hydrogen) atoms. The summed E-state index contributed by atoms with van der Waals surface area (Å²) < 4.78 is 0. The van der Waals surface area contributed by atoms with Crippen LogP contribution < -0.4 is 10.6 Å². The predicted molar refractivity (Wildman–Crippen MR) is 101 cm³/mol. The van der Waals surface area contributed by atoms with Crippen LogP contribution in [0.25, 0.3) is 0 Å². The van der Waals surface area contributed by atoms with E-state index in [1.807, 2.05) is 12.1 Å². The summed E-state index contributed by atoms with van der Waals surface area (Å²) in [5.74, 6) is 0.887. The highest BCUT2D eigenvalue weighted by Crippen LogP contribution is 2.17. The van der Waals surface area contributed by atoms with Crippen LogP contribution in [0.2, 0.25) is 5.02 Å². The third-order valence-corrected chi connectivity index (χ3v) is 5.17. The van der Waals surface area contributed by atoms with Gasteiger partial charge >= 0.3 is 0 Å². The molecule has 2 unspecified atom stereocenters. The standard InChI is InChI=1S/C18H28ClN5/c1-3-20-18(22-14(2)15-4-6-16(19)7-5-15)21-12-17-13-23-8-10-24(17)11-9-23/h4-7,14,17H,3,8-13H2,1-2H3,(H2,20,21,22). The van der Waals surface area contributed by atoms with Crippen molar-refractivity contribution in [1.29, 1.82) is 0 Å². The van der Waals surface area contributed by atoms with E-state index < -0.39 is 0 Å². The number of fused-ring (bicyclic) bond motifs is 3. The van der Waals surface area contributed by atoms with Crippen molar-refractivity contribution in [2.45, 2.75) is 25.9 Å². The van der Waals surface area contributed by atoms with Crippen molar-refractivity contribution in [3.05, 3.63) is 34.9 Å². The number of nitrogens with one attached hydrogen (secondary N) is 2. The van der Waals surface area contributed by atoms with Crippen LogP contribution in [0.3, 0.4) is 0 Å². The van der Waals surface area contributed by atoms with Gasteiger partial charge in [0, 0.05) is 50.3 Å². The minimum atomic E-state index is 0.187. The molecule has 3 aliphatic heterocycles. The van der Waals surface area contributed by atoms with Crippen LogP contribution >= 0.6 is 11.6 Å². The number of benzene rings is 1. The summed E-state index contributed by atoms with van der Waals surface area (Å²) in [4.78, 5) is 9.97. The molecular formula is C18H28ClN5. The second-order valence-electron chi connectivity index (χ2n) is 6.63. The molecule has 0 aromatic heterocycles. The van der Waals surface area contributed by atoms with Crippen molar-refractivity contribution in [1.82, 2.24) is 20.4 Å². The Morgan fingerprint density at radius 1 is 1.25 bits per heavy atom. The van der Waals surface area contributed by atoms with Crippen molar-refractivity contribution < 1.29 is 0 Å². The lowest BCUT2D eigenvalue weighted by atomic mass is 10.1. The quantitative estimate of drug-likeness (QED) is 0.630. The highest BCUT2D eigenvalue weighted by Gasteiger charge is 2.31. The summed E-state index contributed by atoms with van der Waals surface area (Å²) in [7, 11) is 0. The van der Waals surface area contributed by atoms with Gasteiger partial charge in [-0.15, -0.1) is 0 Å². The van der Waals surface area contributed by atoms with Gasteiger partial charge in [-0.05, 0) is 31.5 Å². The zero-order chi connectivity index (χ0) is 16.9. The highest BCUT2D eigenvalue weighted by molar-refractivity contribution is 6.30. The lowest BCUT2D eigenvalue weighted by Crippen LogP contribution is -2.62. The Balaban J connectivity index is 1.60. The molecule has 4 rings (SSSR count). The summed E-state index contributed by atoms with van der Waals surface area (Å²) in [6, 6.07) is 8.71. The van der Waals surface area contributed by atoms with E-state index in [4.69, 9.17) is 16.6 Å². The van der Waals surface area contributed by atoms with Crippen LogP contribution in [0.15, 0.2) is 29.3 Å². The van der Waals surface area contributed by atoms with Crippen LogP contribution in [0.1, 0.15) is 25.5 Å². The van der Waals surface area contributed by atoms with Crippen LogP contribution in [-0.4, -0.2) is 67.6 Å². The molecule has 1 aromatic carbocycles. The van der Waals surface area contributed by atoms with E-state index in [1.165, 1.54) is 31.7 Å². The zero-order valence-corrected chi connectivity index (χ0v) is 15.4. The fourth-order valence-electron chi connectivity index (χ4n) is 3.45. The topological polar surface area (TPSA) is 42.9 Å². The third kappa shape index (κ3) is 4.41. The molecule has 3 saturated heterocycles. The number of guanidine groups is 1. The summed E-state index contributed by atoms with van der Waals surface area (Å²) in [6.45, 7) is 11.9. The van der Waals surface area contributed by atoms with Crippen molar-refractivity contribution in [2.24, 2.45) is 4.99 Å². The Morgan fingerprint density at radius 2 is 1.96 bits per heavy atom. The van der Waals surface area contributed by atoms with Gasteiger partial charge in [-0.25, -0.2) is 0 Å². The first kappa shape index (κ1) is 17.5. The molecule has 0 saturated carbocycles. The molecule has 2 bridgehead atoms. The second-order valence-corrected chi connectivity index (χ2v) is 7.06. The SMILES string of the molecule is CCNC(=NCC1CN2CCN1CC2)NC(C)c1ccc(Cl)cc1. The van der Waals surface area contributed by atoms with Crippen molar-refractivity contribution in [3.8, 4) is 0 Å². The summed E-state index contributed by atoms with van der Waals surface area (Å²) in [5.41, 5.74) is 1.21. The highest BCUT2D eigenvalue weighted by atomic mass is 35.5. The average Bonchev–Trinajstić information content (AvgIpc) is 2.61. The van der Waals surface area contributed by atoms with E-state index in [1.54, 1.807) is 0 Å². The molecule has 0 aliphatic carbocycles. The lowest BCUT2D eigenvalue weighted by Gasteiger charge is -2.47. The molecule has 3 heterocycles. The molecule has 2 atom stereocenters. The van der Waals surface area contributed by atoms with E-state index in [2.05, 4.69) is 46.4 Å².